The number of carbonyl (C=O) groups is 1. The van der Waals surface area contributed by atoms with Crippen LogP contribution in [0.5, 0.6) is 0 Å². The number of Topliss-reactive ketones (excluding diaryl/α,β-unsaturated/α-hetero) is 1. The van der Waals surface area contributed by atoms with E-state index >= 15 is 0 Å². The molecule has 0 bridgehead atoms. The van der Waals surface area contributed by atoms with Crippen molar-refractivity contribution in [2.24, 2.45) is 0 Å². The van der Waals surface area contributed by atoms with Crippen LogP contribution in [0.1, 0.15) is 11.1 Å². The summed E-state index contributed by atoms with van der Waals surface area (Å²) in [7, 11) is 2.02. The maximum atomic E-state index is 12.0. The maximum Gasteiger partial charge on any atom is 0.167 e. The lowest BCUT2D eigenvalue weighted by Crippen LogP contribution is -2.44. The Balaban J connectivity index is 1.94. The van der Waals surface area contributed by atoms with Crippen LogP contribution in [0, 0.1) is 6.92 Å². The number of benzene rings is 1. The Morgan fingerprint density at radius 1 is 1.41 bits per heavy atom. The van der Waals surface area contributed by atoms with E-state index < -0.39 is 0 Å². The van der Waals surface area contributed by atoms with E-state index in [0.29, 0.717) is 19.6 Å². The molecule has 0 amide bonds. The Morgan fingerprint density at radius 3 is 2.76 bits per heavy atom. The summed E-state index contributed by atoms with van der Waals surface area (Å²) in [6.07, 6.45) is 0.216. The SMILES string of the molecule is Cc1ccc(CC(=O)C2CN(C)CCO2)cc1. The van der Waals surface area contributed by atoms with Crippen molar-refractivity contribution in [3.05, 3.63) is 35.4 Å². The highest BCUT2D eigenvalue weighted by molar-refractivity contribution is 5.85. The quantitative estimate of drug-likeness (QED) is 0.791. The molecule has 1 aliphatic rings. The molecular weight excluding hydrogens is 214 g/mol. The van der Waals surface area contributed by atoms with Gasteiger partial charge in [-0.25, -0.2) is 0 Å². The molecular formula is C14H19NO2. The monoisotopic (exact) mass is 233 g/mol. The lowest BCUT2D eigenvalue weighted by atomic mass is 10.0. The molecule has 1 aromatic carbocycles. The van der Waals surface area contributed by atoms with Crippen molar-refractivity contribution in [1.82, 2.24) is 4.90 Å². The fourth-order valence-corrected chi connectivity index (χ4v) is 1.99. The summed E-state index contributed by atoms with van der Waals surface area (Å²) in [6.45, 7) is 4.32. The molecule has 1 atom stereocenters. The molecule has 1 saturated heterocycles. The third kappa shape index (κ3) is 3.38. The van der Waals surface area contributed by atoms with Gasteiger partial charge in [0.2, 0.25) is 0 Å². The topological polar surface area (TPSA) is 29.5 Å². The Labute approximate surface area is 102 Å². The number of likely N-dealkylation sites (N-methyl/N-ethyl adjacent to an activating group) is 1. The third-order valence-corrected chi connectivity index (χ3v) is 3.13. The van der Waals surface area contributed by atoms with Gasteiger partial charge in [-0.3, -0.25) is 4.79 Å². The van der Waals surface area contributed by atoms with Crippen molar-refractivity contribution in [2.75, 3.05) is 26.7 Å². The number of rotatable bonds is 3. The first-order valence-electron chi connectivity index (χ1n) is 6.03. The van der Waals surface area contributed by atoms with Gasteiger partial charge in [0.25, 0.3) is 0 Å². The Kier molecular flexibility index (Phi) is 3.92. The minimum atomic E-state index is -0.255. The van der Waals surface area contributed by atoms with Gasteiger partial charge in [-0.1, -0.05) is 29.8 Å². The highest BCUT2D eigenvalue weighted by Gasteiger charge is 2.24. The summed E-state index contributed by atoms with van der Waals surface area (Å²) in [5.74, 6) is 0.181. The first-order chi connectivity index (χ1) is 8.15. The number of morpholine rings is 1. The predicted octanol–water partition coefficient (Wildman–Crippen LogP) is 1.44. The van der Waals surface area contributed by atoms with Crippen molar-refractivity contribution >= 4 is 5.78 Å². The van der Waals surface area contributed by atoms with E-state index in [2.05, 4.69) is 4.90 Å². The molecule has 2 rings (SSSR count). The van der Waals surface area contributed by atoms with Gasteiger partial charge in [0.15, 0.2) is 5.78 Å². The fourth-order valence-electron chi connectivity index (χ4n) is 1.99. The molecule has 92 valence electrons. The van der Waals surface area contributed by atoms with Crippen molar-refractivity contribution in [3.63, 3.8) is 0 Å². The van der Waals surface area contributed by atoms with Crippen LogP contribution in [-0.2, 0) is 16.0 Å². The van der Waals surface area contributed by atoms with Crippen molar-refractivity contribution in [2.45, 2.75) is 19.4 Å². The van der Waals surface area contributed by atoms with E-state index in [1.807, 2.05) is 38.2 Å². The van der Waals surface area contributed by atoms with Gasteiger partial charge in [-0.15, -0.1) is 0 Å². The summed E-state index contributed by atoms with van der Waals surface area (Å²) >= 11 is 0. The van der Waals surface area contributed by atoms with E-state index in [-0.39, 0.29) is 11.9 Å². The predicted molar refractivity (Wildman–Crippen MR) is 67.1 cm³/mol. The molecule has 0 spiro atoms. The molecule has 0 aliphatic carbocycles. The van der Waals surface area contributed by atoms with Gasteiger partial charge in [0.05, 0.1) is 6.61 Å². The first kappa shape index (κ1) is 12.3. The summed E-state index contributed by atoms with van der Waals surface area (Å²) in [6, 6.07) is 8.10. The van der Waals surface area contributed by atoms with Crippen molar-refractivity contribution < 1.29 is 9.53 Å². The molecule has 0 N–H and O–H groups in total. The van der Waals surface area contributed by atoms with E-state index in [9.17, 15) is 4.79 Å². The zero-order valence-corrected chi connectivity index (χ0v) is 10.5. The summed E-state index contributed by atoms with van der Waals surface area (Å²) in [5.41, 5.74) is 2.28. The number of ether oxygens (including phenoxy) is 1. The molecule has 1 heterocycles. The van der Waals surface area contributed by atoms with Gasteiger partial charge in [0, 0.05) is 19.5 Å². The van der Waals surface area contributed by atoms with Crippen molar-refractivity contribution in [1.29, 1.82) is 0 Å². The average Bonchev–Trinajstić information content (AvgIpc) is 2.32. The van der Waals surface area contributed by atoms with Crippen LogP contribution in [0.2, 0.25) is 0 Å². The lowest BCUT2D eigenvalue weighted by molar-refractivity contribution is -0.134. The summed E-state index contributed by atoms with van der Waals surface area (Å²) < 4.78 is 5.51. The van der Waals surface area contributed by atoms with Crippen molar-refractivity contribution in [3.8, 4) is 0 Å². The van der Waals surface area contributed by atoms with Gasteiger partial charge in [0.1, 0.15) is 6.10 Å². The number of aryl methyl sites for hydroxylation is 1. The maximum absolute atomic E-state index is 12.0. The molecule has 0 aromatic heterocycles. The van der Waals surface area contributed by atoms with Gasteiger partial charge in [-0.2, -0.15) is 0 Å². The molecule has 0 radical (unpaired) electrons. The summed E-state index contributed by atoms with van der Waals surface area (Å²) in [4.78, 5) is 14.2. The van der Waals surface area contributed by atoms with Crippen LogP contribution >= 0.6 is 0 Å². The zero-order valence-electron chi connectivity index (χ0n) is 10.5. The van der Waals surface area contributed by atoms with Crippen LogP contribution in [0.15, 0.2) is 24.3 Å². The average molecular weight is 233 g/mol. The zero-order chi connectivity index (χ0) is 12.3. The second-order valence-corrected chi connectivity index (χ2v) is 4.75. The van der Waals surface area contributed by atoms with Gasteiger partial charge >= 0.3 is 0 Å². The first-order valence-corrected chi connectivity index (χ1v) is 6.03. The van der Waals surface area contributed by atoms with E-state index in [1.165, 1.54) is 5.56 Å². The largest absolute Gasteiger partial charge is 0.368 e. The van der Waals surface area contributed by atoms with E-state index in [1.54, 1.807) is 0 Å². The molecule has 1 aliphatic heterocycles. The highest BCUT2D eigenvalue weighted by Crippen LogP contribution is 2.09. The minimum absolute atomic E-state index is 0.181. The molecule has 1 unspecified atom stereocenters. The normalized spacial score (nSPS) is 21.4. The van der Waals surface area contributed by atoms with E-state index in [0.717, 1.165) is 12.1 Å². The van der Waals surface area contributed by atoms with Crippen LogP contribution in [0.4, 0.5) is 0 Å². The number of carbonyl (C=O) groups excluding carboxylic acids is 1. The van der Waals surface area contributed by atoms with Crippen LogP contribution in [0.25, 0.3) is 0 Å². The van der Waals surface area contributed by atoms with Gasteiger partial charge in [-0.05, 0) is 19.5 Å². The number of hydrogen-bond donors (Lipinski definition) is 0. The second-order valence-electron chi connectivity index (χ2n) is 4.75. The number of nitrogens with zero attached hydrogens (tertiary/aromatic N) is 1. The molecule has 3 nitrogen and oxygen atoms in total. The smallest absolute Gasteiger partial charge is 0.167 e. The Hall–Kier alpha value is -1.19. The Bertz CT molecular complexity index is 386. The molecule has 1 fully saturated rings. The standard InChI is InChI=1S/C14H19NO2/c1-11-3-5-12(6-4-11)9-13(16)14-10-15(2)7-8-17-14/h3-6,14H,7-10H2,1-2H3. The molecule has 0 saturated carbocycles. The number of hydrogen-bond acceptors (Lipinski definition) is 3. The summed E-state index contributed by atoms with van der Waals surface area (Å²) in [5, 5.41) is 0. The van der Waals surface area contributed by atoms with Gasteiger partial charge < -0.3 is 9.64 Å². The number of ketones is 1. The van der Waals surface area contributed by atoms with Crippen LogP contribution in [0.3, 0.4) is 0 Å². The van der Waals surface area contributed by atoms with E-state index in [4.69, 9.17) is 4.74 Å². The molecule has 17 heavy (non-hydrogen) atoms. The third-order valence-electron chi connectivity index (χ3n) is 3.13. The lowest BCUT2D eigenvalue weighted by Gasteiger charge is -2.29. The minimum Gasteiger partial charge on any atom is -0.368 e. The molecule has 3 heteroatoms. The van der Waals surface area contributed by atoms with Crippen LogP contribution < -0.4 is 0 Å². The molecule has 1 aromatic rings. The Morgan fingerprint density at radius 2 is 2.12 bits per heavy atom. The second kappa shape index (κ2) is 5.43. The highest BCUT2D eigenvalue weighted by atomic mass is 16.5. The van der Waals surface area contributed by atoms with Crippen LogP contribution in [-0.4, -0.2) is 43.5 Å². The fraction of sp³-hybridized carbons (Fsp3) is 0.500.